The van der Waals surface area contributed by atoms with Crippen LogP contribution in [-0.2, 0) is 14.4 Å². The Morgan fingerprint density at radius 1 is 1.67 bits per heavy atom. The average Bonchev–Trinajstić information content (AvgIpc) is 2.30. The van der Waals surface area contributed by atoms with Crippen molar-refractivity contribution < 1.29 is 28.7 Å². The van der Waals surface area contributed by atoms with E-state index in [-0.39, 0.29) is 19.5 Å². The van der Waals surface area contributed by atoms with Gasteiger partial charge in [-0.2, -0.15) is 5.06 Å². The second-order valence-corrected chi connectivity index (χ2v) is 3.64. The summed E-state index contributed by atoms with van der Waals surface area (Å²) in [6.07, 6.45) is -2.47. The second-order valence-electron chi connectivity index (χ2n) is 3.64. The molecule has 3 N–H and O–H groups in total. The van der Waals surface area contributed by atoms with Crippen LogP contribution in [0.2, 0.25) is 0 Å². The topological polar surface area (TPSA) is 113 Å². The summed E-state index contributed by atoms with van der Waals surface area (Å²) in [6, 6.07) is -1.57. The minimum Gasteiger partial charge on any atom is -0.477 e. The van der Waals surface area contributed by atoms with Gasteiger partial charge >= 0.3 is 18.4 Å². The van der Waals surface area contributed by atoms with Gasteiger partial charge in [-0.3, -0.25) is 4.79 Å². The fourth-order valence-corrected chi connectivity index (χ4v) is 1.67. The largest absolute Gasteiger partial charge is 0.477 e. The lowest BCUT2D eigenvalue weighted by Gasteiger charge is -2.38. The number of carbonyl (C=O) groups is 3. The van der Waals surface area contributed by atoms with Crippen molar-refractivity contribution in [2.24, 2.45) is 5.73 Å². The number of carboxylic acids is 1. The van der Waals surface area contributed by atoms with Crippen LogP contribution in [0.4, 0.5) is 9.18 Å². The zero-order valence-corrected chi connectivity index (χ0v) is 9.71. The predicted molar refractivity (Wildman–Crippen MR) is 55.7 cm³/mol. The molecule has 18 heavy (non-hydrogen) atoms. The summed E-state index contributed by atoms with van der Waals surface area (Å²) in [6.45, 7) is 1.69. The molecule has 0 unspecified atom stereocenters. The number of nitrogens with two attached hydrogens (primary N) is 1. The monoisotopic (exact) mass is 263 g/mol. The summed E-state index contributed by atoms with van der Waals surface area (Å²) < 4.78 is 12.8. The van der Waals surface area contributed by atoms with Crippen LogP contribution in [0.3, 0.4) is 0 Å². The quantitative estimate of drug-likeness (QED) is 0.681. The van der Waals surface area contributed by atoms with E-state index in [2.05, 4.69) is 4.84 Å². The van der Waals surface area contributed by atoms with Crippen molar-refractivity contribution in [2.75, 3.05) is 13.1 Å². The number of likely N-dealkylation sites (N-methyl/N-ethyl adjacent to an activating group) is 1. The Bertz CT molecular complexity index is 364. The first-order valence-corrected chi connectivity index (χ1v) is 5.29. The number of amides is 3. The molecule has 0 aliphatic carbocycles. The zero-order valence-electron chi connectivity index (χ0n) is 9.71. The lowest BCUT2D eigenvalue weighted by Crippen LogP contribution is -2.58. The summed E-state index contributed by atoms with van der Waals surface area (Å²) in [4.78, 5) is 38.6. The molecule has 8 nitrogen and oxygen atoms in total. The first-order valence-electron chi connectivity index (χ1n) is 5.29. The van der Waals surface area contributed by atoms with Gasteiger partial charge in [-0.1, -0.05) is 0 Å². The van der Waals surface area contributed by atoms with Gasteiger partial charge in [0.15, 0.2) is 0 Å². The minimum absolute atomic E-state index is 0.101. The molecule has 3 amide bonds. The van der Waals surface area contributed by atoms with Gasteiger partial charge in [-0.25, -0.2) is 18.8 Å². The van der Waals surface area contributed by atoms with Gasteiger partial charge in [0.2, 0.25) is 5.91 Å². The van der Waals surface area contributed by atoms with Crippen LogP contribution in [0.1, 0.15) is 13.3 Å². The van der Waals surface area contributed by atoms with Gasteiger partial charge in [0.1, 0.15) is 6.04 Å². The lowest BCUT2D eigenvalue weighted by atomic mass is 10.1. The van der Waals surface area contributed by atoms with E-state index in [1.54, 1.807) is 6.92 Å². The Morgan fingerprint density at radius 2 is 2.28 bits per heavy atom. The number of rotatable bonds is 5. The van der Waals surface area contributed by atoms with Gasteiger partial charge in [0, 0.05) is 6.54 Å². The summed E-state index contributed by atoms with van der Waals surface area (Å²) >= 11 is 0. The first kappa shape index (κ1) is 14.2. The Balaban J connectivity index is 2.74. The number of hydrogen-bond donors (Lipinski definition) is 2. The van der Waals surface area contributed by atoms with Gasteiger partial charge in [-0.15, -0.1) is 0 Å². The fraction of sp³-hybridized carbons (Fsp3) is 0.667. The van der Waals surface area contributed by atoms with Crippen LogP contribution in [0.25, 0.3) is 0 Å². The number of alkyl halides is 1. The molecule has 0 aromatic carbocycles. The highest BCUT2D eigenvalue weighted by atomic mass is 19.1. The number of nitrogens with zero attached hydrogens (tertiary/aromatic N) is 2. The lowest BCUT2D eigenvalue weighted by molar-refractivity contribution is -0.226. The van der Waals surface area contributed by atoms with E-state index in [4.69, 9.17) is 10.8 Å². The third-order valence-electron chi connectivity index (χ3n) is 2.52. The van der Waals surface area contributed by atoms with Crippen LogP contribution in [0.5, 0.6) is 0 Å². The molecule has 1 rings (SSSR count). The number of hydrogen-bond acceptors (Lipinski definition) is 4. The van der Waals surface area contributed by atoms with Crippen molar-refractivity contribution in [3.05, 3.63) is 0 Å². The van der Waals surface area contributed by atoms with E-state index in [0.29, 0.717) is 5.06 Å². The van der Waals surface area contributed by atoms with Gasteiger partial charge < -0.3 is 15.7 Å². The van der Waals surface area contributed by atoms with Crippen LogP contribution in [0.15, 0.2) is 0 Å². The number of carboxylic acid groups (broad SMARTS) is 1. The molecule has 102 valence electrons. The van der Waals surface area contributed by atoms with E-state index in [1.165, 1.54) is 0 Å². The third-order valence-corrected chi connectivity index (χ3v) is 2.52. The molecule has 0 aromatic heterocycles. The molecule has 0 bridgehead atoms. The Morgan fingerprint density at radius 3 is 2.72 bits per heavy atom. The highest BCUT2D eigenvalue weighted by molar-refractivity contribution is 5.86. The molecule has 0 aromatic rings. The van der Waals surface area contributed by atoms with Crippen LogP contribution >= 0.6 is 0 Å². The van der Waals surface area contributed by atoms with Crippen LogP contribution in [-0.4, -0.2) is 58.5 Å². The number of carbonyl (C=O) groups excluding carboxylic acids is 2. The van der Waals surface area contributed by atoms with Crippen molar-refractivity contribution in [3.8, 4) is 0 Å². The van der Waals surface area contributed by atoms with Crippen molar-refractivity contribution >= 4 is 17.9 Å². The van der Waals surface area contributed by atoms with Crippen molar-refractivity contribution in [2.45, 2.75) is 25.7 Å². The van der Waals surface area contributed by atoms with Gasteiger partial charge in [-0.05, 0) is 13.3 Å². The minimum atomic E-state index is -2.63. The maximum atomic E-state index is 12.8. The zero-order chi connectivity index (χ0) is 13.9. The summed E-state index contributed by atoms with van der Waals surface area (Å²) in [5.74, 6) is -2.50. The fourth-order valence-electron chi connectivity index (χ4n) is 1.67. The number of halogens is 1. The standard InChI is InChI=1S/C9H14FN3O5/c1-2-12-5(7(11)14)3-4-13(9(12)17)18-6(10)8(15)16/h5-6H,2-4H2,1H3,(H2,11,14)(H,15,16)/t5-,6-/m0/s1. The Kier molecular flexibility index (Phi) is 4.43. The molecule has 1 saturated heterocycles. The molecule has 0 radical (unpaired) electrons. The van der Waals surface area contributed by atoms with Gasteiger partial charge in [0.05, 0.1) is 6.54 Å². The van der Waals surface area contributed by atoms with Crippen LogP contribution < -0.4 is 5.73 Å². The summed E-state index contributed by atoms with van der Waals surface area (Å²) in [5.41, 5.74) is 5.13. The average molecular weight is 263 g/mol. The third kappa shape index (κ3) is 2.86. The first-order chi connectivity index (χ1) is 8.38. The van der Waals surface area contributed by atoms with Crippen molar-refractivity contribution in [3.63, 3.8) is 0 Å². The van der Waals surface area contributed by atoms with Crippen molar-refractivity contribution in [1.29, 1.82) is 0 Å². The number of hydroxylamine groups is 2. The normalized spacial score (nSPS) is 21.9. The summed E-state index contributed by atoms with van der Waals surface area (Å²) in [7, 11) is 0. The molecule has 0 spiro atoms. The molecular formula is C9H14FN3O5. The Hall–Kier alpha value is -1.90. The number of primary amides is 1. The molecule has 1 aliphatic rings. The molecule has 1 fully saturated rings. The second kappa shape index (κ2) is 5.63. The molecule has 1 aliphatic heterocycles. The van der Waals surface area contributed by atoms with E-state index in [9.17, 15) is 18.8 Å². The maximum absolute atomic E-state index is 12.8. The van der Waals surface area contributed by atoms with E-state index in [1.807, 2.05) is 0 Å². The number of urea groups is 1. The molecule has 0 saturated carbocycles. The summed E-state index contributed by atoms with van der Waals surface area (Å²) in [5, 5.41) is 8.92. The maximum Gasteiger partial charge on any atom is 0.368 e. The molecule has 2 atom stereocenters. The molecule has 9 heteroatoms. The molecule has 1 heterocycles. The van der Waals surface area contributed by atoms with E-state index < -0.39 is 30.3 Å². The smallest absolute Gasteiger partial charge is 0.368 e. The van der Waals surface area contributed by atoms with E-state index in [0.717, 1.165) is 4.90 Å². The SMILES string of the molecule is CCN1C(=O)N(O[C@H](F)C(=O)O)CC[C@H]1C(N)=O. The predicted octanol–water partition coefficient (Wildman–Crippen LogP) is -0.700. The number of aliphatic carboxylic acids is 1. The van der Waals surface area contributed by atoms with Gasteiger partial charge in [0.25, 0.3) is 0 Å². The van der Waals surface area contributed by atoms with Crippen molar-refractivity contribution in [1.82, 2.24) is 9.96 Å². The van der Waals surface area contributed by atoms with Crippen LogP contribution in [0, 0.1) is 0 Å². The van der Waals surface area contributed by atoms with E-state index >= 15 is 0 Å². The highest BCUT2D eigenvalue weighted by Gasteiger charge is 2.38. The Labute approximate surface area is 102 Å². The highest BCUT2D eigenvalue weighted by Crippen LogP contribution is 2.17. The molecular weight excluding hydrogens is 249 g/mol.